The van der Waals surface area contributed by atoms with Crippen LogP contribution >= 0.6 is 0 Å². The van der Waals surface area contributed by atoms with Gasteiger partial charge in [0.1, 0.15) is 5.69 Å². The predicted molar refractivity (Wildman–Crippen MR) is 91.4 cm³/mol. The Morgan fingerprint density at radius 3 is 2.74 bits per heavy atom. The Hall–Kier alpha value is -2.81. The van der Waals surface area contributed by atoms with Gasteiger partial charge in [0.2, 0.25) is 0 Å². The zero-order chi connectivity index (χ0) is 15.8. The molecule has 0 saturated heterocycles. The third kappa shape index (κ3) is 2.34. The van der Waals surface area contributed by atoms with Crippen molar-refractivity contribution < 1.29 is 4.57 Å². The Labute approximate surface area is 136 Å². The van der Waals surface area contributed by atoms with Gasteiger partial charge in [-0.25, -0.2) is 4.57 Å². The van der Waals surface area contributed by atoms with Crippen LogP contribution in [0.3, 0.4) is 0 Å². The third-order valence-electron chi connectivity index (χ3n) is 4.43. The average Bonchev–Trinajstić information content (AvgIpc) is 3.01. The predicted octanol–water partition coefficient (Wildman–Crippen LogP) is 3.37. The van der Waals surface area contributed by atoms with E-state index in [1.165, 1.54) is 33.5 Å². The van der Waals surface area contributed by atoms with Crippen molar-refractivity contribution >= 4 is 11.6 Å². The molecule has 3 heteroatoms. The van der Waals surface area contributed by atoms with Crippen LogP contribution in [-0.2, 0) is 13.5 Å². The molecular formula is C20H18N3+. The van der Waals surface area contributed by atoms with Crippen molar-refractivity contribution in [2.75, 3.05) is 0 Å². The molecule has 0 N–H and O–H groups in total. The van der Waals surface area contributed by atoms with E-state index in [0.717, 1.165) is 12.1 Å². The summed E-state index contributed by atoms with van der Waals surface area (Å²) in [6, 6.07) is 12.6. The Morgan fingerprint density at radius 2 is 1.96 bits per heavy atom. The number of hydrogen-bond acceptors (Lipinski definition) is 2. The van der Waals surface area contributed by atoms with Crippen molar-refractivity contribution in [2.45, 2.75) is 13.3 Å². The molecule has 112 valence electrons. The van der Waals surface area contributed by atoms with Crippen LogP contribution in [0, 0.1) is 6.92 Å². The second-order valence-corrected chi connectivity index (χ2v) is 5.97. The minimum Gasteiger partial charge on any atom is -0.264 e. The zero-order valence-electron chi connectivity index (χ0n) is 13.3. The molecule has 1 aliphatic carbocycles. The summed E-state index contributed by atoms with van der Waals surface area (Å²) in [6.45, 7) is 2.16. The normalized spacial score (nSPS) is 12.9. The summed E-state index contributed by atoms with van der Waals surface area (Å²) in [5.74, 6) is 0. The van der Waals surface area contributed by atoms with Crippen LogP contribution in [0.2, 0.25) is 0 Å². The molecule has 0 fully saturated rings. The highest BCUT2D eigenvalue weighted by Gasteiger charge is 2.27. The topological polar surface area (TPSA) is 29.7 Å². The van der Waals surface area contributed by atoms with E-state index in [2.05, 4.69) is 64.9 Å². The number of nitrogens with zero attached hydrogens (tertiary/aromatic N) is 3. The monoisotopic (exact) mass is 300 g/mol. The number of fused-ring (bicyclic) bond motifs is 1. The molecule has 2 aromatic heterocycles. The fourth-order valence-corrected chi connectivity index (χ4v) is 3.25. The van der Waals surface area contributed by atoms with Gasteiger partial charge in [0.25, 0.3) is 6.33 Å². The van der Waals surface area contributed by atoms with Crippen LogP contribution in [0.4, 0.5) is 0 Å². The first-order chi connectivity index (χ1) is 11.2. The van der Waals surface area contributed by atoms with E-state index < -0.39 is 0 Å². The fraction of sp³-hybridized carbons (Fsp3) is 0.150. The first-order valence-electron chi connectivity index (χ1n) is 7.78. The molecule has 1 aromatic carbocycles. The molecule has 4 rings (SSSR count). The van der Waals surface area contributed by atoms with Gasteiger partial charge in [0, 0.05) is 24.4 Å². The van der Waals surface area contributed by atoms with E-state index in [-0.39, 0.29) is 0 Å². The van der Waals surface area contributed by atoms with Crippen LogP contribution < -0.4 is 4.57 Å². The molecule has 3 aromatic rings. The molecule has 0 radical (unpaired) electrons. The number of benzene rings is 1. The molecule has 0 aliphatic heterocycles. The minimum absolute atomic E-state index is 0.895. The molecule has 0 bridgehead atoms. The maximum absolute atomic E-state index is 4.62. The van der Waals surface area contributed by atoms with E-state index in [9.17, 15) is 0 Å². The number of aryl methyl sites for hydroxylation is 2. The molecule has 0 spiro atoms. The second-order valence-electron chi connectivity index (χ2n) is 5.97. The van der Waals surface area contributed by atoms with Gasteiger partial charge in [0.15, 0.2) is 5.69 Å². The Kier molecular flexibility index (Phi) is 3.27. The fourth-order valence-electron chi connectivity index (χ4n) is 3.25. The van der Waals surface area contributed by atoms with Crippen molar-refractivity contribution in [1.82, 2.24) is 9.97 Å². The second kappa shape index (κ2) is 5.43. The van der Waals surface area contributed by atoms with Crippen molar-refractivity contribution in [3.8, 4) is 11.3 Å². The highest BCUT2D eigenvalue weighted by molar-refractivity contribution is 5.89. The SMILES string of the molecule is Cc1ccccc1-c1c2c(nc[n+]1C)C=C(c1cccnc1)C2. The Bertz CT molecular complexity index is 911. The zero-order valence-corrected chi connectivity index (χ0v) is 13.3. The van der Waals surface area contributed by atoms with E-state index in [0.29, 0.717) is 0 Å². The van der Waals surface area contributed by atoms with Gasteiger partial charge in [-0.1, -0.05) is 30.3 Å². The lowest BCUT2D eigenvalue weighted by molar-refractivity contribution is -0.663. The van der Waals surface area contributed by atoms with Crippen LogP contribution in [0.25, 0.3) is 22.9 Å². The Morgan fingerprint density at radius 1 is 1.09 bits per heavy atom. The van der Waals surface area contributed by atoms with E-state index in [1.54, 1.807) is 0 Å². The van der Waals surface area contributed by atoms with Gasteiger partial charge >= 0.3 is 0 Å². The van der Waals surface area contributed by atoms with Gasteiger partial charge in [0.05, 0.1) is 12.6 Å². The summed E-state index contributed by atoms with van der Waals surface area (Å²) >= 11 is 0. The molecule has 0 unspecified atom stereocenters. The van der Waals surface area contributed by atoms with Crippen LogP contribution in [0.15, 0.2) is 55.1 Å². The standard InChI is InChI=1S/C20H18N3/c1-14-6-3-4-8-17(14)20-18-10-16(15-7-5-9-21-12-15)11-19(18)22-13-23(20)2/h3-9,11-13H,10H2,1-2H3/q+1. The molecular weight excluding hydrogens is 282 g/mol. The summed E-state index contributed by atoms with van der Waals surface area (Å²) in [4.78, 5) is 8.85. The molecule has 2 heterocycles. The number of allylic oxidation sites excluding steroid dienone is 1. The number of rotatable bonds is 2. The summed E-state index contributed by atoms with van der Waals surface area (Å²) < 4.78 is 2.13. The molecule has 0 amide bonds. The van der Waals surface area contributed by atoms with Crippen LogP contribution in [-0.4, -0.2) is 9.97 Å². The highest BCUT2D eigenvalue weighted by Crippen LogP contribution is 2.35. The molecule has 0 saturated carbocycles. The number of pyridine rings is 1. The highest BCUT2D eigenvalue weighted by atomic mass is 15.0. The molecule has 3 nitrogen and oxygen atoms in total. The van der Waals surface area contributed by atoms with E-state index >= 15 is 0 Å². The largest absolute Gasteiger partial charge is 0.287 e. The van der Waals surface area contributed by atoms with Crippen molar-refractivity contribution in [3.63, 3.8) is 0 Å². The van der Waals surface area contributed by atoms with E-state index in [1.807, 2.05) is 24.8 Å². The maximum Gasteiger partial charge on any atom is 0.287 e. The van der Waals surface area contributed by atoms with Crippen molar-refractivity contribution in [2.24, 2.45) is 7.05 Å². The van der Waals surface area contributed by atoms with Gasteiger partial charge in [-0.05, 0) is 40.8 Å². The van der Waals surface area contributed by atoms with Gasteiger partial charge < -0.3 is 0 Å². The third-order valence-corrected chi connectivity index (χ3v) is 4.43. The summed E-state index contributed by atoms with van der Waals surface area (Å²) in [5.41, 5.74) is 8.62. The smallest absolute Gasteiger partial charge is 0.264 e. The molecule has 0 atom stereocenters. The van der Waals surface area contributed by atoms with Gasteiger partial charge in [-0.3, -0.25) is 4.98 Å². The maximum atomic E-state index is 4.62. The number of hydrogen-bond donors (Lipinski definition) is 0. The summed E-state index contributed by atoms with van der Waals surface area (Å²) in [6.07, 6.45) is 8.72. The lowest BCUT2D eigenvalue weighted by Crippen LogP contribution is -2.33. The van der Waals surface area contributed by atoms with Gasteiger partial charge in [-0.15, -0.1) is 0 Å². The first kappa shape index (κ1) is 13.8. The van der Waals surface area contributed by atoms with Crippen molar-refractivity contribution in [3.05, 3.63) is 77.5 Å². The first-order valence-corrected chi connectivity index (χ1v) is 7.78. The molecule has 23 heavy (non-hydrogen) atoms. The summed E-state index contributed by atoms with van der Waals surface area (Å²) in [5, 5.41) is 0. The number of aromatic nitrogens is 3. The quantitative estimate of drug-likeness (QED) is 0.679. The lowest BCUT2D eigenvalue weighted by Gasteiger charge is -2.10. The van der Waals surface area contributed by atoms with Gasteiger partial charge in [-0.2, -0.15) is 0 Å². The van der Waals surface area contributed by atoms with Crippen LogP contribution in [0.1, 0.15) is 22.4 Å². The van der Waals surface area contributed by atoms with Crippen LogP contribution in [0.5, 0.6) is 0 Å². The lowest BCUT2D eigenvalue weighted by atomic mass is 9.98. The summed E-state index contributed by atoms with van der Waals surface area (Å²) in [7, 11) is 2.07. The average molecular weight is 300 g/mol. The van der Waals surface area contributed by atoms with E-state index in [4.69, 9.17) is 0 Å². The van der Waals surface area contributed by atoms with Crippen molar-refractivity contribution in [1.29, 1.82) is 0 Å². The molecule has 1 aliphatic rings. The minimum atomic E-state index is 0.895. The Balaban J connectivity index is 1.84.